The fourth-order valence-electron chi connectivity index (χ4n) is 3.43. The standard InChI is InChI=1S/C20H19FN4O/c1-13-9-10-22-17(11-13)20(26)24-16-6-4-8-18-14(16)12-23-25(18)19-7-3-2-5-15(19)21/h2-3,5,7,9-12,16H,4,6,8H2,1H3,(H,24,26). The molecule has 0 saturated heterocycles. The Bertz CT molecular complexity index is 966. The van der Waals surface area contributed by atoms with Gasteiger partial charge >= 0.3 is 0 Å². The summed E-state index contributed by atoms with van der Waals surface area (Å²) in [6, 6.07) is 10.1. The Hall–Kier alpha value is -3.02. The number of amides is 1. The summed E-state index contributed by atoms with van der Waals surface area (Å²) in [7, 11) is 0. The molecule has 26 heavy (non-hydrogen) atoms. The van der Waals surface area contributed by atoms with Crippen LogP contribution in [0.3, 0.4) is 0 Å². The van der Waals surface area contributed by atoms with E-state index >= 15 is 0 Å². The van der Waals surface area contributed by atoms with Crippen molar-refractivity contribution in [3.63, 3.8) is 0 Å². The molecule has 0 bridgehead atoms. The molecule has 1 aromatic carbocycles. The molecule has 1 N–H and O–H groups in total. The minimum Gasteiger partial charge on any atom is -0.344 e. The molecule has 1 atom stereocenters. The number of carbonyl (C=O) groups is 1. The summed E-state index contributed by atoms with van der Waals surface area (Å²) < 4.78 is 15.8. The van der Waals surface area contributed by atoms with Gasteiger partial charge in [-0.15, -0.1) is 0 Å². The molecule has 3 aromatic rings. The lowest BCUT2D eigenvalue weighted by Crippen LogP contribution is -2.31. The van der Waals surface area contributed by atoms with Crippen molar-refractivity contribution >= 4 is 5.91 Å². The summed E-state index contributed by atoms with van der Waals surface area (Å²) in [6.45, 7) is 1.93. The van der Waals surface area contributed by atoms with Crippen LogP contribution in [-0.4, -0.2) is 20.7 Å². The summed E-state index contributed by atoms with van der Waals surface area (Å²) in [5.41, 5.74) is 3.71. The van der Waals surface area contributed by atoms with E-state index in [1.807, 2.05) is 13.0 Å². The van der Waals surface area contributed by atoms with E-state index in [0.29, 0.717) is 11.4 Å². The van der Waals surface area contributed by atoms with Gasteiger partial charge in [0, 0.05) is 17.5 Å². The van der Waals surface area contributed by atoms with Crippen LogP contribution in [0, 0.1) is 12.7 Å². The number of nitrogens with zero attached hydrogens (tertiary/aromatic N) is 3. The number of halogens is 1. The zero-order valence-corrected chi connectivity index (χ0v) is 14.4. The molecule has 0 saturated carbocycles. The SMILES string of the molecule is Cc1ccnc(C(=O)NC2CCCc3c2cnn3-c2ccccc2F)c1. The summed E-state index contributed by atoms with van der Waals surface area (Å²) >= 11 is 0. The highest BCUT2D eigenvalue weighted by atomic mass is 19.1. The monoisotopic (exact) mass is 350 g/mol. The summed E-state index contributed by atoms with van der Waals surface area (Å²) in [5.74, 6) is -0.515. The largest absolute Gasteiger partial charge is 0.344 e. The molecular formula is C20H19FN4O. The predicted octanol–water partition coefficient (Wildman–Crippen LogP) is 3.52. The number of fused-ring (bicyclic) bond motifs is 1. The topological polar surface area (TPSA) is 59.8 Å². The van der Waals surface area contributed by atoms with Gasteiger partial charge in [-0.1, -0.05) is 12.1 Å². The van der Waals surface area contributed by atoms with Crippen molar-refractivity contribution in [3.05, 3.63) is 77.1 Å². The maximum Gasteiger partial charge on any atom is 0.270 e. The van der Waals surface area contributed by atoms with E-state index in [4.69, 9.17) is 0 Å². The number of benzene rings is 1. The number of rotatable bonds is 3. The van der Waals surface area contributed by atoms with Gasteiger partial charge in [-0.25, -0.2) is 9.07 Å². The Morgan fingerprint density at radius 2 is 2.15 bits per heavy atom. The fourth-order valence-corrected chi connectivity index (χ4v) is 3.43. The van der Waals surface area contributed by atoms with Crippen molar-refractivity contribution in [2.75, 3.05) is 0 Å². The summed E-state index contributed by atoms with van der Waals surface area (Å²) in [4.78, 5) is 16.7. The second-order valence-corrected chi connectivity index (χ2v) is 6.55. The number of hydrogen-bond donors (Lipinski definition) is 1. The smallest absolute Gasteiger partial charge is 0.270 e. The Balaban J connectivity index is 1.63. The lowest BCUT2D eigenvalue weighted by atomic mass is 9.92. The van der Waals surface area contributed by atoms with Crippen LogP contribution in [0.4, 0.5) is 4.39 Å². The van der Waals surface area contributed by atoms with Crippen LogP contribution in [0.1, 0.15) is 46.2 Å². The first-order valence-electron chi connectivity index (χ1n) is 8.68. The van der Waals surface area contributed by atoms with Gasteiger partial charge < -0.3 is 5.32 Å². The number of para-hydroxylation sites is 1. The highest BCUT2D eigenvalue weighted by Crippen LogP contribution is 2.31. The third kappa shape index (κ3) is 2.98. The summed E-state index contributed by atoms with van der Waals surface area (Å²) in [5, 5.41) is 7.43. The summed E-state index contributed by atoms with van der Waals surface area (Å²) in [6.07, 6.45) is 5.90. The van der Waals surface area contributed by atoms with Crippen LogP contribution in [0.25, 0.3) is 5.69 Å². The first-order valence-corrected chi connectivity index (χ1v) is 8.68. The van der Waals surface area contributed by atoms with E-state index in [1.54, 1.807) is 41.3 Å². The Kier molecular flexibility index (Phi) is 4.24. The van der Waals surface area contributed by atoms with Gasteiger partial charge in [0.1, 0.15) is 17.2 Å². The number of aryl methyl sites for hydroxylation is 1. The van der Waals surface area contributed by atoms with Crippen molar-refractivity contribution < 1.29 is 9.18 Å². The van der Waals surface area contributed by atoms with E-state index in [9.17, 15) is 9.18 Å². The van der Waals surface area contributed by atoms with Crippen molar-refractivity contribution in [2.24, 2.45) is 0 Å². The van der Waals surface area contributed by atoms with Crippen LogP contribution in [0.15, 0.2) is 48.8 Å². The molecule has 0 fully saturated rings. The highest BCUT2D eigenvalue weighted by Gasteiger charge is 2.27. The Labute approximate surface area is 150 Å². The van der Waals surface area contributed by atoms with Gasteiger partial charge in [0.2, 0.25) is 0 Å². The molecule has 0 aliphatic heterocycles. The van der Waals surface area contributed by atoms with Crippen molar-refractivity contribution in [1.82, 2.24) is 20.1 Å². The maximum atomic E-state index is 14.2. The third-order valence-corrected chi connectivity index (χ3v) is 4.72. The van der Waals surface area contributed by atoms with Gasteiger partial charge in [0.25, 0.3) is 5.91 Å². The minimum atomic E-state index is -0.312. The van der Waals surface area contributed by atoms with Crippen LogP contribution >= 0.6 is 0 Å². The highest BCUT2D eigenvalue weighted by molar-refractivity contribution is 5.92. The molecule has 5 nitrogen and oxygen atoms in total. The maximum absolute atomic E-state index is 14.2. The molecule has 0 spiro atoms. The molecule has 1 aliphatic rings. The van der Waals surface area contributed by atoms with Crippen LogP contribution in [-0.2, 0) is 6.42 Å². The Morgan fingerprint density at radius 3 is 2.96 bits per heavy atom. The van der Waals surface area contributed by atoms with Crippen molar-refractivity contribution in [2.45, 2.75) is 32.2 Å². The number of aromatic nitrogens is 3. The molecule has 1 aliphatic carbocycles. The third-order valence-electron chi connectivity index (χ3n) is 4.72. The second-order valence-electron chi connectivity index (χ2n) is 6.55. The molecule has 0 radical (unpaired) electrons. The Morgan fingerprint density at radius 1 is 1.31 bits per heavy atom. The molecule has 1 amide bonds. The molecule has 4 rings (SSSR count). The van der Waals surface area contributed by atoms with Crippen LogP contribution in [0.2, 0.25) is 0 Å². The van der Waals surface area contributed by atoms with Gasteiger partial charge in [0.05, 0.1) is 12.2 Å². The number of carbonyl (C=O) groups excluding carboxylic acids is 1. The molecular weight excluding hydrogens is 331 g/mol. The number of nitrogens with one attached hydrogen (secondary N) is 1. The number of pyridine rings is 1. The first-order chi connectivity index (χ1) is 12.6. The molecule has 132 valence electrons. The van der Waals surface area contributed by atoms with E-state index < -0.39 is 0 Å². The molecule has 2 heterocycles. The minimum absolute atomic E-state index is 0.144. The van der Waals surface area contributed by atoms with E-state index in [2.05, 4.69) is 15.4 Å². The van der Waals surface area contributed by atoms with Crippen LogP contribution in [0.5, 0.6) is 0 Å². The fraction of sp³-hybridized carbons (Fsp3) is 0.250. The van der Waals surface area contributed by atoms with Crippen LogP contribution < -0.4 is 5.32 Å². The second kappa shape index (κ2) is 6.71. The quantitative estimate of drug-likeness (QED) is 0.786. The van der Waals surface area contributed by atoms with E-state index in [0.717, 1.165) is 36.1 Å². The lowest BCUT2D eigenvalue weighted by Gasteiger charge is -2.24. The first kappa shape index (κ1) is 16.4. The lowest BCUT2D eigenvalue weighted by molar-refractivity contribution is 0.0927. The van der Waals surface area contributed by atoms with Gasteiger partial charge in [0.15, 0.2) is 0 Å². The average Bonchev–Trinajstić information content (AvgIpc) is 3.07. The average molecular weight is 350 g/mol. The van der Waals surface area contributed by atoms with E-state index in [-0.39, 0.29) is 17.8 Å². The zero-order chi connectivity index (χ0) is 18.1. The molecule has 6 heteroatoms. The molecule has 1 unspecified atom stereocenters. The zero-order valence-electron chi connectivity index (χ0n) is 14.4. The predicted molar refractivity (Wildman–Crippen MR) is 95.6 cm³/mol. The van der Waals surface area contributed by atoms with Gasteiger partial charge in [-0.2, -0.15) is 5.10 Å². The van der Waals surface area contributed by atoms with Gasteiger partial charge in [-0.3, -0.25) is 9.78 Å². The normalized spacial score (nSPS) is 16.2. The van der Waals surface area contributed by atoms with Crippen molar-refractivity contribution in [3.8, 4) is 5.69 Å². The number of hydrogen-bond acceptors (Lipinski definition) is 3. The van der Waals surface area contributed by atoms with Gasteiger partial charge in [-0.05, 0) is 56.0 Å². The molecule has 2 aromatic heterocycles. The van der Waals surface area contributed by atoms with E-state index in [1.165, 1.54) is 6.07 Å². The van der Waals surface area contributed by atoms with Crippen molar-refractivity contribution in [1.29, 1.82) is 0 Å².